The quantitative estimate of drug-likeness (QED) is 0.717. The predicted octanol–water partition coefficient (Wildman–Crippen LogP) is 2.93. The lowest BCUT2D eigenvalue weighted by Gasteiger charge is -2.42. The van der Waals surface area contributed by atoms with E-state index in [4.69, 9.17) is 4.74 Å². The first-order valence-corrected chi connectivity index (χ1v) is 9.96. The van der Waals surface area contributed by atoms with E-state index in [-0.39, 0.29) is 0 Å². The van der Waals surface area contributed by atoms with Crippen molar-refractivity contribution in [3.05, 3.63) is 0 Å². The first-order valence-electron chi connectivity index (χ1n) is 9.96. The van der Waals surface area contributed by atoms with Gasteiger partial charge in [-0.25, -0.2) is 0 Å². The van der Waals surface area contributed by atoms with Crippen molar-refractivity contribution >= 4 is 0 Å². The van der Waals surface area contributed by atoms with Gasteiger partial charge in [0.1, 0.15) is 0 Å². The molecule has 0 aromatic carbocycles. The zero-order valence-corrected chi connectivity index (χ0v) is 17.1. The molecular weight excluding hydrogens is 298 g/mol. The van der Waals surface area contributed by atoms with E-state index in [0.29, 0.717) is 11.1 Å². The number of rotatable bonds is 5. The highest BCUT2D eigenvalue weighted by Gasteiger charge is 2.27. The lowest BCUT2D eigenvalue weighted by molar-refractivity contribution is 0.0181. The molecule has 142 valence electrons. The van der Waals surface area contributed by atoms with Crippen LogP contribution < -0.4 is 0 Å². The van der Waals surface area contributed by atoms with Gasteiger partial charge in [-0.1, -0.05) is 0 Å². The SMILES string of the molecule is CC(C)(C)N1CCC(COCCN2CCN(C(C)(C)C)CC2)CC1. The minimum atomic E-state index is 0.310. The molecule has 2 rings (SSSR count). The summed E-state index contributed by atoms with van der Waals surface area (Å²) in [7, 11) is 0. The number of piperidine rings is 1. The van der Waals surface area contributed by atoms with Gasteiger partial charge in [-0.3, -0.25) is 14.7 Å². The maximum Gasteiger partial charge on any atom is 0.0593 e. The summed E-state index contributed by atoms with van der Waals surface area (Å²) in [5.74, 6) is 0.765. The third-order valence-electron chi connectivity index (χ3n) is 5.79. The molecule has 2 aliphatic heterocycles. The van der Waals surface area contributed by atoms with Crippen LogP contribution in [-0.2, 0) is 4.74 Å². The van der Waals surface area contributed by atoms with E-state index < -0.39 is 0 Å². The monoisotopic (exact) mass is 339 g/mol. The number of piperazine rings is 1. The van der Waals surface area contributed by atoms with E-state index >= 15 is 0 Å². The second-order valence-corrected chi connectivity index (χ2v) is 9.68. The predicted molar refractivity (Wildman–Crippen MR) is 103 cm³/mol. The van der Waals surface area contributed by atoms with E-state index in [1.807, 2.05) is 0 Å². The molecule has 0 saturated carbocycles. The van der Waals surface area contributed by atoms with Crippen LogP contribution in [0.1, 0.15) is 54.4 Å². The molecule has 0 unspecified atom stereocenters. The van der Waals surface area contributed by atoms with E-state index in [1.54, 1.807) is 0 Å². The summed E-state index contributed by atoms with van der Waals surface area (Å²) in [5.41, 5.74) is 0.630. The van der Waals surface area contributed by atoms with Gasteiger partial charge in [0.2, 0.25) is 0 Å². The second-order valence-electron chi connectivity index (χ2n) is 9.68. The number of ether oxygens (including phenoxy) is 1. The van der Waals surface area contributed by atoms with Crippen LogP contribution in [0.15, 0.2) is 0 Å². The molecule has 24 heavy (non-hydrogen) atoms. The third kappa shape index (κ3) is 6.29. The van der Waals surface area contributed by atoms with Crippen LogP contribution in [0.4, 0.5) is 0 Å². The second kappa shape index (κ2) is 8.48. The largest absolute Gasteiger partial charge is 0.380 e. The molecule has 2 saturated heterocycles. The number of hydrogen-bond donors (Lipinski definition) is 0. The molecule has 4 heteroatoms. The van der Waals surface area contributed by atoms with E-state index in [1.165, 1.54) is 52.1 Å². The minimum absolute atomic E-state index is 0.310. The fourth-order valence-electron chi connectivity index (χ4n) is 3.86. The Balaban J connectivity index is 1.54. The molecule has 0 radical (unpaired) electrons. The molecule has 2 heterocycles. The van der Waals surface area contributed by atoms with Crippen molar-refractivity contribution in [2.24, 2.45) is 5.92 Å². The fraction of sp³-hybridized carbons (Fsp3) is 1.00. The zero-order valence-electron chi connectivity index (χ0n) is 17.1. The van der Waals surface area contributed by atoms with Crippen LogP contribution in [0.5, 0.6) is 0 Å². The summed E-state index contributed by atoms with van der Waals surface area (Å²) >= 11 is 0. The fourth-order valence-corrected chi connectivity index (χ4v) is 3.86. The molecule has 0 bridgehead atoms. The van der Waals surface area contributed by atoms with Crippen molar-refractivity contribution in [1.82, 2.24) is 14.7 Å². The van der Waals surface area contributed by atoms with Crippen LogP contribution in [-0.4, -0.2) is 84.8 Å². The Kier molecular flexibility index (Phi) is 7.12. The minimum Gasteiger partial charge on any atom is -0.380 e. The molecule has 0 aliphatic carbocycles. The Morgan fingerprint density at radius 1 is 0.750 bits per heavy atom. The van der Waals surface area contributed by atoms with Crippen molar-refractivity contribution in [2.75, 3.05) is 59.0 Å². The van der Waals surface area contributed by atoms with Gasteiger partial charge in [-0.2, -0.15) is 0 Å². The highest BCUT2D eigenvalue weighted by Crippen LogP contribution is 2.24. The number of hydrogen-bond acceptors (Lipinski definition) is 4. The standard InChI is InChI=1S/C20H41N3O/c1-19(2,3)22-9-7-18(8-10-22)17-24-16-15-21-11-13-23(14-12-21)20(4,5)6/h18H,7-17H2,1-6H3. The van der Waals surface area contributed by atoms with E-state index in [2.05, 4.69) is 56.2 Å². The molecule has 0 aromatic heterocycles. The maximum absolute atomic E-state index is 6.02. The molecule has 4 nitrogen and oxygen atoms in total. The molecule has 2 aliphatic rings. The highest BCUT2D eigenvalue weighted by atomic mass is 16.5. The van der Waals surface area contributed by atoms with Crippen molar-refractivity contribution in [3.63, 3.8) is 0 Å². The molecular formula is C20H41N3O. The molecule has 0 atom stereocenters. The van der Waals surface area contributed by atoms with Crippen LogP contribution in [0, 0.1) is 5.92 Å². The first kappa shape index (κ1) is 20.2. The van der Waals surface area contributed by atoms with Crippen molar-refractivity contribution in [1.29, 1.82) is 0 Å². The van der Waals surface area contributed by atoms with E-state index in [9.17, 15) is 0 Å². The Morgan fingerprint density at radius 2 is 1.25 bits per heavy atom. The van der Waals surface area contributed by atoms with Gasteiger partial charge in [-0.15, -0.1) is 0 Å². The maximum atomic E-state index is 6.02. The highest BCUT2D eigenvalue weighted by molar-refractivity contribution is 4.83. The molecule has 0 amide bonds. The van der Waals surface area contributed by atoms with Gasteiger partial charge >= 0.3 is 0 Å². The Morgan fingerprint density at radius 3 is 1.75 bits per heavy atom. The molecule has 0 aromatic rings. The molecule has 0 N–H and O–H groups in total. The Labute approximate surface area is 150 Å². The van der Waals surface area contributed by atoms with Crippen molar-refractivity contribution in [3.8, 4) is 0 Å². The average molecular weight is 340 g/mol. The normalized spacial score (nSPS) is 23.8. The molecule has 0 spiro atoms. The van der Waals surface area contributed by atoms with Crippen LogP contribution >= 0.6 is 0 Å². The van der Waals surface area contributed by atoms with Gasteiger partial charge in [-0.05, 0) is 73.4 Å². The van der Waals surface area contributed by atoms with Crippen molar-refractivity contribution in [2.45, 2.75) is 65.5 Å². The summed E-state index contributed by atoms with van der Waals surface area (Å²) in [4.78, 5) is 7.76. The number of likely N-dealkylation sites (tertiary alicyclic amines) is 1. The van der Waals surface area contributed by atoms with Crippen molar-refractivity contribution < 1.29 is 4.74 Å². The number of nitrogens with zero attached hydrogens (tertiary/aromatic N) is 3. The van der Waals surface area contributed by atoms with E-state index in [0.717, 1.165) is 25.7 Å². The smallest absolute Gasteiger partial charge is 0.0593 e. The van der Waals surface area contributed by atoms with Crippen LogP contribution in [0.25, 0.3) is 0 Å². The van der Waals surface area contributed by atoms with Gasteiger partial charge in [0, 0.05) is 50.4 Å². The lowest BCUT2D eigenvalue weighted by atomic mass is 9.94. The summed E-state index contributed by atoms with van der Waals surface area (Å²) in [6.07, 6.45) is 2.59. The topological polar surface area (TPSA) is 19.0 Å². The Hall–Kier alpha value is -0.160. The van der Waals surface area contributed by atoms with Gasteiger partial charge in [0.15, 0.2) is 0 Å². The molecule has 2 fully saturated rings. The summed E-state index contributed by atoms with van der Waals surface area (Å²) in [6.45, 7) is 24.1. The Bertz CT molecular complexity index is 320. The van der Waals surface area contributed by atoms with Crippen LogP contribution in [0.2, 0.25) is 0 Å². The van der Waals surface area contributed by atoms with Crippen LogP contribution in [0.3, 0.4) is 0 Å². The average Bonchev–Trinajstić information content (AvgIpc) is 2.51. The summed E-state index contributed by atoms with van der Waals surface area (Å²) < 4.78 is 6.02. The summed E-state index contributed by atoms with van der Waals surface area (Å²) in [5, 5.41) is 0. The van der Waals surface area contributed by atoms with Gasteiger partial charge < -0.3 is 4.74 Å². The van der Waals surface area contributed by atoms with Gasteiger partial charge in [0.25, 0.3) is 0 Å². The first-order chi connectivity index (χ1) is 11.2. The zero-order chi connectivity index (χ0) is 17.8. The summed E-state index contributed by atoms with van der Waals surface area (Å²) in [6, 6.07) is 0. The third-order valence-corrected chi connectivity index (χ3v) is 5.79. The van der Waals surface area contributed by atoms with Gasteiger partial charge in [0.05, 0.1) is 6.61 Å². The lowest BCUT2D eigenvalue weighted by Crippen LogP contribution is -2.53.